The average molecular weight is 236 g/mol. The minimum Gasteiger partial charge on any atom is -0.383 e. The maximum absolute atomic E-state index is 13.5. The minimum atomic E-state index is -0.362. The third-order valence-electron chi connectivity index (χ3n) is 2.69. The first-order chi connectivity index (χ1) is 8.12. The molecule has 0 spiro atoms. The summed E-state index contributed by atoms with van der Waals surface area (Å²) in [6.07, 6.45) is 0.867. The highest BCUT2D eigenvalue weighted by Crippen LogP contribution is 2.21. The molecule has 4 heteroatoms. The summed E-state index contributed by atoms with van der Waals surface area (Å²) >= 11 is 0. The fourth-order valence-electron chi connectivity index (χ4n) is 1.58. The van der Waals surface area contributed by atoms with Crippen LogP contribution in [-0.4, -0.2) is 19.8 Å². The van der Waals surface area contributed by atoms with Crippen LogP contribution in [0.3, 0.4) is 0 Å². The second-order valence-electron chi connectivity index (χ2n) is 3.95. The van der Waals surface area contributed by atoms with Crippen LogP contribution in [0.15, 0.2) is 12.1 Å². The van der Waals surface area contributed by atoms with Crippen LogP contribution in [-0.2, 0) is 4.74 Å². The maximum atomic E-state index is 13.5. The number of nitriles is 1. The molecule has 0 saturated heterocycles. The second kappa shape index (κ2) is 6.21. The van der Waals surface area contributed by atoms with Crippen LogP contribution in [0.2, 0.25) is 0 Å². The average Bonchev–Trinajstić information content (AvgIpc) is 2.33. The molecule has 1 aromatic carbocycles. The smallest absolute Gasteiger partial charge is 0.129 e. The van der Waals surface area contributed by atoms with Gasteiger partial charge in [-0.15, -0.1) is 0 Å². The maximum Gasteiger partial charge on any atom is 0.129 e. The van der Waals surface area contributed by atoms with Gasteiger partial charge >= 0.3 is 0 Å². The Labute approximate surface area is 101 Å². The van der Waals surface area contributed by atoms with Gasteiger partial charge < -0.3 is 10.1 Å². The topological polar surface area (TPSA) is 45.0 Å². The number of ether oxygens (including phenoxy) is 1. The van der Waals surface area contributed by atoms with E-state index in [1.54, 1.807) is 20.1 Å². The molecule has 1 atom stereocenters. The number of benzene rings is 1. The van der Waals surface area contributed by atoms with Crippen molar-refractivity contribution in [3.8, 4) is 6.07 Å². The molecule has 92 valence electrons. The molecular weight excluding hydrogens is 219 g/mol. The Morgan fingerprint density at radius 1 is 1.53 bits per heavy atom. The lowest BCUT2D eigenvalue weighted by Gasteiger charge is -2.19. The molecule has 0 aromatic heterocycles. The summed E-state index contributed by atoms with van der Waals surface area (Å²) in [5, 5.41) is 12.0. The number of halogens is 1. The zero-order valence-corrected chi connectivity index (χ0v) is 10.4. The van der Waals surface area contributed by atoms with Crippen LogP contribution in [0.25, 0.3) is 0 Å². The van der Waals surface area contributed by atoms with Crippen molar-refractivity contribution in [3.63, 3.8) is 0 Å². The van der Waals surface area contributed by atoms with Gasteiger partial charge in [0.15, 0.2) is 0 Å². The lowest BCUT2D eigenvalue weighted by atomic mass is 10.1. The number of anilines is 1. The summed E-state index contributed by atoms with van der Waals surface area (Å²) in [5.41, 5.74) is 1.51. The lowest BCUT2D eigenvalue weighted by molar-refractivity contribution is 0.184. The third-order valence-corrected chi connectivity index (χ3v) is 2.69. The van der Waals surface area contributed by atoms with Crippen molar-refractivity contribution in [2.24, 2.45) is 0 Å². The number of hydrogen-bond acceptors (Lipinski definition) is 3. The predicted molar refractivity (Wildman–Crippen MR) is 65.4 cm³/mol. The summed E-state index contributed by atoms with van der Waals surface area (Å²) in [4.78, 5) is 0. The van der Waals surface area contributed by atoms with Gasteiger partial charge in [0.25, 0.3) is 0 Å². The molecule has 0 saturated carbocycles. The Balaban J connectivity index is 2.97. The Morgan fingerprint density at radius 3 is 2.76 bits per heavy atom. The first-order valence-corrected chi connectivity index (χ1v) is 5.58. The van der Waals surface area contributed by atoms with E-state index in [2.05, 4.69) is 5.32 Å². The molecule has 3 nitrogen and oxygen atoms in total. The van der Waals surface area contributed by atoms with Gasteiger partial charge in [-0.05, 0) is 25.5 Å². The summed E-state index contributed by atoms with van der Waals surface area (Å²) in [7, 11) is 1.63. The third kappa shape index (κ3) is 3.43. The molecule has 0 fully saturated rings. The van der Waals surface area contributed by atoms with E-state index >= 15 is 0 Å². The van der Waals surface area contributed by atoms with Crippen molar-refractivity contribution in [2.75, 3.05) is 19.0 Å². The van der Waals surface area contributed by atoms with Gasteiger partial charge in [0.2, 0.25) is 0 Å². The quantitative estimate of drug-likeness (QED) is 0.855. The summed E-state index contributed by atoms with van der Waals surface area (Å²) < 4.78 is 18.6. The van der Waals surface area contributed by atoms with Crippen molar-refractivity contribution in [1.29, 1.82) is 5.26 Å². The van der Waals surface area contributed by atoms with E-state index in [0.29, 0.717) is 23.4 Å². The first kappa shape index (κ1) is 13.5. The summed E-state index contributed by atoms with van der Waals surface area (Å²) in [6, 6.07) is 4.98. The fraction of sp³-hybridized carbons (Fsp3) is 0.462. The van der Waals surface area contributed by atoms with E-state index in [1.807, 2.05) is 13.0 Å². The van der Waals surface area contributed by atoms with E-state index in [9.17, 15) is 4.39 Å². The van der Waals surface area contributed by atoms with E-state index in [1.165, 1.54) is 6.07 Å². The van der Waals surface area contributed by atoms with E-state index in [-0.39, 0.29) is 11.9 Å². The SMILES string of the molecule is CCC(COC)Nc1cc(C#N)cc(F)c1C. The number of nitrogens with zero attached hydrogens (tertiary/aromatic N) is 1. The van der Waals surface area contributed by atoms with Crippen LogP contribution in [0.4, 0.5) is 10.1 Å². The normalized spacial score (nSPS) is 11.9. The van der Waals surface area contributed by atoms with Crippen molar-refractivity contribution in [3.05, 3.63) is 29.1 Å². The van der Waals surface area contributed by atoms with Crippen molar-refractivity contribution in [1.82, 2.24) is 0 Å². The molecular formula is C13H17FN2O. The summed E-state index contributed by atoms with van der Waals surface area (Å²) in [6.45, 7) is 4.27. The Bertz CT molecular complexity index is 426. The molecule has 0 aliphatic heterocycles. The van der Waals surface area contributed by atoms with Crippen molar-refractivity contribution >= 4 is 5.69 Å². The fourth-order valence-corrected chi connectivity index (χ4v) is 1.58. The number of methoxy groups -OCH3 is 1. The van der Waals surface area contributed by atoms with E-state index in [4.69, 9.17) is 10.00 Å². The standard InChI is InChI=1S/C13H17FN2O/c1-4-11(8-17-3)16-13-6-10(7-15)5-12(14)9(13)2/h5-6,11,16H,4,8H2,1-3H3. The van der Waals surface area contributed by atoms with Crippen LogP contribution < -0.4 is 5.32 Å². The van der Waals surface area contributed by atoms with Crippen LogP contribution in [0.1, 0.15) is 24.5 Å². The van der Waals surface area contributed by atoms with Gasteiger partial charge in [-0.2, -0.15) is 5.26 Å². The first-order valence-electron chi connectivity index (χ1n) is 5.58. The molecule has 17 heavy (non-hydrogen) atoms. The minimum absolute atomic E-state index is 0.118. The predicted octanol–water partition coefficient (Wildman–Crippen LogP) is 2.84. The highest BCUT2D eigenvalue weighted by molar-refractivity contribution is 5.56. The number of hydrogen-bond donors (Lipinski definition) is 1. The molecule has 0 aliphatic carbocycles. The summed E-state index contributed by atoms with van der Waals surface area (Å²) in [5.74, 6) is -0.362. The van der Waals surface area contributed by atoms with Crippen LogP contribution in [0, 0.1) is 24.1 Å². The monoisotopic (exact) mass is 236 g/mol. The van der Waals surface area contributed by atoms with Gasteiger partial charge in [0.05, 0.1) is 18.2 Å². The lowest BCUT2D eigenvalue weighted by Crippen LogP contribution is -2.24. The zero-order chi connectivity index (χ0) is 12.8. The van der Waals surface area contributed by atoms with Gasteiger partial charge in [0.1, 0.15) is 5.82 Å². The van der Waals surface area contributed by atoms with Crippen molar-refractivity contribution in [2.45, 2.75) is 26.3 Å². The van der Waals surface area contributed by atoms with E-state index < -0.39 is 0 Å². The highest BCUT2D eigenvalue weighted by atomic mass is 19.1. The van der Waals surface area contributed by atoms with Gasteiger partial charge in [-0.25, -0.2) is 4.39 Å². The van der Waals surface area contributed by atoms with Crippen molar-refractivity contribution < 1.29 is 9.13 Å². The molecule has 1 aromatic rings. The molecule has 0 amide bonds. The zero-order valence-electron chi connectivity index (χ0n) is 10.4. The molecule has 1 unspecified atom stereocenters. The second-order valence-corrected chi connectivity index (χ2v) is 3.95. The molecule has 0 heterocycles. The van der Waals surface area contributed by atoms with Crippen LogP contribution >= 0.6 is 0 Å². The molecule has 0 bridgehead atoms. The van der Waals surface area contributed by atoms with E-state index in [0.717, 1.165) is 6.42 Å². The van der Waals surface area contributed by atoms with Gasteiger partial charge in [0, 0.05) is 24.4 Å². The molecule has 1 N–H and O–H groups in total. The Kier molecular flexibility index (Phi) is 4.92. The number of rotatable bonds is 5. The number of nitrogens with one attached hydrogen (secondary N) is 1. The largest absolute Gasteiger partial charge is 0.383 e. The molecule has 0 aliphatic rings. The van der Waals surface area contributed by atoms with Gasteiger partial charge in [-0.3, -0.25) is 0 Å². The highest BCUT2D eigenvalue weighted by Gasteiger charge is 2.11. The molecule has 0 radical (unpaired) electrons. The Morgan fingerprint density at radius 2 is 2.24 bits per heavy atom. The Hall–Kier alpha value is -1.60. The molecule has 1 rings (SSSR count). The van der Waals surface area contributed by atoms with Crippen LogP contribution in [0.5, 0.6) is 0 Å². The van der Waals surface area contributed by atoms with Gasteiger partial charge in [-0.1, -0.05) is 6.92 Å².